The summed E-state index contributed by atoms with van der Waals surface area (Å²) in [7, 11) is 0. The van der Waals surface area contributed by atoms with Crippen LogP contribution in [0.4, 0.5) is 0 Å². The quantitative estimate of drug-likeness (QED) is 0.330. The van der Waals surface area contributed by atoms with E-state index in [-0.39, 0.29) is 17.3 Å². The summed E-state index contributed by atoms with van der Waals surface area (Å²) < 4.78 is 0. The number of nitrogens with two attached hydrogens (primary N) is 1. The smallest absolute Gasteiger partial charge is 0.270 e. The summed E-state index contributed by atoms with van der Waals surface area (Å²) >= 11 is 0. The molecule has 6 nitrogen and oxygen atoms in total. The van der Waals surface area contributed by atoms with Gasteiger partial charge in [-0.2, -0.15) is 0 Å². The second-order valence-corrected chi connectivity index (χ2v) is 5.14. The Balaban J connectivity index is 2.07. The van der Waals surface area contributed by atoms with E-state index in [1.165, 1.54) is 6.20 Å². The molecule has 19 heavy (non-hydrogen) atoms. The van der Waals surface area contributed by atoms with Crippen molar-refractivity contribution in [3.63, 3.8) is 0 Å². The van der Waals surface area contributed by atoms with Crippen molar-refractivity contribution in [2.75, 3.05) is 0 Å². The summed E-state index contributed by atoms with van der Waals surface area (Å²) in [6, 6.07) is 3.18. The monoisotopic (exact) mass is 262 g/mol. The van der Waals surface area contributed by atoms with Gasteiger partial charge in [0.1, 0.15) is 5.69 Å². The summed E-state index contributed by atoms with van der Waals surface area (Å²) in [6.45, 7) is 2.06. The number of amides is 1. The summed E-state index contributed by atoms with van der Waals surface area (Å²) in [5, 5.41) is 14.4. The predicted molar refractivity (Wildman–Crippen MR) is 71.1 cm³/mol. The number of hydrogen-bond donors (Lipinski definition) is 3. The molecule has 0 spiro atoms. The molecule has 0 bridgehead atoms. The van der Waals surface area contributed by atoms with Crippen molar-refractivity contribution in [1.29, 1.82) is 0 Å². The number of hydrogen-bond acceptors (Lipinski definition) is 4. The van der Waals surface area contributed by atoms with Crippen LogP contribution in [0.25, 0.3) is 0 Å². The van der Waals surface area contributed by atoms with E-state index in [0.717, 1.165) is 25.7 Å². The van der Waals surface area contributed by atoms with Gasteiger partial charge in [-0.25, -0.2) is 0 Å². The van der Waals surface area contributed by atoms with Crippen molar-refractivity contribution in [3.8, 4) is 0 Å². The van der Waals surface area contributed by atoms with Gasteiger partial charge in [0.2, 0.25) is 0 Å². The molecule has 1 amide bonds. The molecule has 0 aliphatic heterocycles. The van der Waals surface area contributed by atoms with E-state index >= 15 is 0 Å². The third kappa shape index (κ3) is 3.01. The molecule has 1 aliphatic rings. The highest BCUT2D eigenvalue weighted by molar-refractivity contribution is 5.98. The molecule has 102 valence electrons. The van der Waals surface area contributed by atoms with Gasteiger partial charge < -0.3 is 16.3 Å². The fraction of sp³-hybridized carbons (Fsp3) is 0.462. The van der Waals surface area contributed by atoms with Crippen molar-refractivity contribution in [2.45, 2.75) is 38.1 Å². The zero-order valence-electron chi connectivity index (χ0n) is 10.9. The summed E-state index contributed by atoms with van der Waals surface area (Å²) in [4.78, 5) is 16.1. The first-order valence-corrected chi connectivity index (χ1v) is 6.30. The van der Waals surface area contributed by atoms with Crippen LogP contribution < -0.4 is 11.1 Å². The highest BCUT2D eigenvalue weighted by atomic mass is 16.4. The Morgan fingerprint density at radius 1 is 1.47 bits per heavy atom. The maximum atomic E-state index is 12.1. The Morgan fingerprint density at radius 2 is 2.16 bits per heavy atom. The van der Waals surface area contributed by atoms with Crippen LogP contribution in [-0.2, 0) is 0 Å². The highest BCUT2D eigenvalue weighted by Gasteiger charge is 2.30. The lowest BCUT2D eigenvalue weighted by Crippen LogP contribution is -2.43. The molecule has 0 radical (unpaired) electrons. The molecule has 1 aliphatic carbocycles. The Kier molecular flexibility index (Phi) is 3.69. The van der Waals surface area contributed by atoms with E-state index in [0.29, 0.717) is 11.3 Å². The Labute approximate surface area is 111 Å². The summed E-state index contributed by atoms with van der Waals surface area (Å²) in [6.07, 6.45) is 5.71. The first-order chi connectivity index (χ1) is 9.04. The number of nitrogens with zero attached hydrogens (tertiary/aromatic N) is 2. The number of aromatic nitrogens is 1. The number of rotatable bonds is 3. The lowest BCUT2D eigenvalue weighted by Gasteiger charge is -2.24. The fourth-order valence-corrected chi connectivity index (χ4v) is 2.36. The molecule has 6 heteroatoms. The topological polar surface area (TPSA) is 101 Å². The predicted octanol–water partition coefficient (Wildman–Crippen LogP) is 1.24. The van der Waals surface area contributed by atoms with Crippen molar-refractivity contribution in [1.82, 2.24) is 10.3 Å². The van der Waals surface area contributed by atoms with Crippen LogP contribution in [-0.4, -0.2) is 27.5 Å². The molecular formula is C13H18N4O2. The number of nitrogens with one attached hydrogen (secondary N) is 1. The second-order valence-electron chi connectivity index (χ2n) is 5.14. The largest absolute Gasteiger partial charge is 0.409 e. The van der Waals surface area contributed by atoms with Crippen LogP contribution >= 0.6 is 0 Å². The van der Waals surface area contributed by atoms with Gasteiger partial charge in [-0.1, -0.05) is 18.0 Å². The van der Waals surface area contributed by atoms with Gasteiger partial charge in [-0.05, 0) is 31.9 Å². The average Bonchev–Trinajstić information content (AvgIpc) is 2.84. The van der Waals surface area contributed by atoms with Crippen molar-refractivity contribution in [3.05, 3.63) is 29.6 Å². The molecule has 1 saturated carbocycles. The Hall–Kier alpha value is -2.11. The lowest BCUT2D eigenvalue weighted by molar-refractivity contribution is 0.0903. The normalized spacial score (nSPS) is 18.3. The van der Waals surface area contributed by atoms with Crippen molar-refractivity contribution >= 4 is 11.7 Å². The maximum absolute atomic E-state index is 12.1. The molecule has 1 aromatic heterocycles. The van der Waals surface area contributed by atoms with E-state index in [1.54, 1.807) is 12.1 Å². The molecule has 4 N–H and O–H groups in total. The van der Waals surface area contributed by atoms with Crippen LogP contribution in [0.1, 0.15) is 48.7 Å². The number of oxime groups is 1. The Morgan fingerprint density at radius 3 is 2.68 bits per heavy atom. The van der Waals surface area contributed by atoms with Gasteiger partial charge >= 0.3 is 0 Å². The van der Waals surface area contributed by atoms with Gasteiger partial charge in [-0.3, -0.25) is 9.78 Å². The Bertz CT molecular complexity index is 490. The van der Waals surface area contributed by atoms with Gasteiger partial charge in [0, 0.05) is 17.3 Å². The molecule has 1 heterocycles. The second kappa shape index (κ2) is 5.26. The van der Waals surface area contributed by atoms with Crippen LogP contribution in [0, 0.1) is 0 Å². The van der Waals surface area contributed by atoms with Gasteiger partial charge in [-0.15, -0.1) is 0 Å². The highest BCUT2D eigenvalue weighted by Crippen LogP contribution is 2.29. The van der Waals surface area contributed by atoms with Gasteiger partial charge in [0.15, 0.2) is 5.84 Å². The average molecular weight is 262 g/mol. The van der Waals surface area contributed by atoms with Crippen LogP contribution in [0.3, 0.4) is 0 Å². The molecule has 0 atom stereocenters. The minimum absolute atomic E-state index is 0.0257. The van der Waals surface area contributed by atoms with E-state index in [1.807, 2.05) is 0 Å². The maximum Gasteiger partial charge on any atom is 0.270 e. The minimum atomic E-state index is -0.185. The van der Waals surface area contributed by atoms with E-state index in [2.05, 4.69) is 22.4 Å². The molecule has 0 unspecified atom stereocenters. The molecule has 1 fully saturated rings. The van der Waals surface area contributed by atoms with Gasteiger partial charge in [0.25, 0.3) is 5.91 Å². The van der Waals surface area contributed by atoms with E-state index in [4.69, 9.17) is 10.9 Å². The fourth-order valence-electron chi connectivity index (χ4n) is 2.36. The van der Waals surface area contributed by atoms with Crippen LogP contribution in [0.2, 0.25) is 0 Å². The number of carbonyl (C=O) groups is 1. The van der Waals surface area contributed by atoms with Gasteiger partial charge in [0.05, 0.1) is 0 Å². The zero-order valence-corrected chi connectivity index (χ0v) is 10.9. The molecule has 1 aromatic rings. The minimum Gasteiger partial charge on any atom is -0.409 e. The molecule has 0 aromatic carbocycles. The van der Waals surface area contributed by atoms with E-state index < -0.39 is 0 Å². The summed E-state index contributed by atoms with van der Waals surface area (Å²) in [5.74, 6) is -0.210. The SMILES string of the molecule is CC1(NC(=O)c2ccc(C(N)=NO)cn2)CCCC1. The third-order valence-corrected chi connectivity index (χ3v) is 3.52. The zero-order chi connectivity index (χ0) is 13.9. The van der Waals surface area contributed by atoms with Crippen LogP contribution in [0.15, 0.2) is 23.5 Å². The number of carbonyl (C=O) groups excluding carboxylic acids is 1. The van der Waals surface area contributed by atoms with E-state index in [9.17, 15) is 4.79 Å². The third-order valence-electron chi connectivity index (χ3n) is 3.52. The number of amidine groups is 1. The lowest BCUT2D eigenvalue weighted by atomic mass is 10.0. The van der Waals surface area contributed by atoms with Crippen molar-refractivity contribution in [2.24, 2.45) is 10.9 Å². The first-order valence-electron chi connectivity index (χ1n) is 6.30. The number of pyridine rings is 1. The van der Waals surface area contributed by atoms with Crippen LogP contribution in [0.5, 0.6) is 0 Å². The standard InChI is InChI=1S/C13H18N4O2/c1-13(6-2-3-7-13)16-12(18)10-5-4-9(8-15-10)11(14)17-19/h4-5,8,19H,2-3,6-7H2,1H3,(H2,14,17)(H,16,18). The molecule has 0 saturated heterocycles. The molecular weight excluding hydrogens is 244 g/mol. The first kappa shape index (κ1) is 13.3. The summed E-state index contributed by atoms with van der Waals surface area (Å²) in [5.41, 5.74) is 6.12. The van der Waals surface area contributed by atoms with Crippen molar-refractivity contribution < 1.29 is 10.0 Å². The molecule has 2 rings (SSSR count).